The van der Waals surface area contributed by atoms with Gasteiger partial charge in [0.15, 0.2) is 0 Å². The Hall–Kier alpha value is -0.670. The van der Waals surface area contributed by atoms with Gasteiger partial charge in [0.1, 0.15) is 10.3 Å². The molecule has 0 bridgehead atoms. The lowest BCUT2D eigenvalue weighted by atomic mass is 10.2. The summed E-state index contributed by atoms with van der Waals surface area (Å²) in [5.74, 6) is -1.34. The highest BCUT2D eigenvalue weighted by atomic mass is 35.5. The van der Waals surface area contributed by atoms with Gasteiger partial charge in [0, 0.05) is 6.61 Å². The van der Waals surface area contributed by atoms with Gasteiger partial charge in [-0.25, -0.2) is 8.42 Å². The van der Waals surface area contributed by atoms with Gasteiger partial charge in [-0.15, -0.1) is 11.3 Å². The van der Waals surface area contributed by atoms with Crippen molar-refractivity contribution in [1.82, 2.24) is 4.72 Å². The van der Waals surface area contributed by atoms with Gasteiger partial charge in [-0.1, -0.05) is 11.6 Å². The lowest BCUT2D eigenvalue weighted by Gasteiger charge is -2.12. The smallest absolute Gasteiger partial charge is 0.321 e. The average molecular weight is 300 g/mol. The lowest BCUT2D eigenvalue weighted by Crippen LogP contribution is -2.41. The van der Waals surface area contributed by atoms with Crippen molar-refractivity contribution in [2.24, 2.45) is 0 Å². The minimum atomic E-state index is -3.91. The van der Waals surface area contributed by atoms with Gasteiger partial charge in [-0.3, -0.25) is 4.79 Å². The van der Waals surface area contributed by atoms with E-state index in [2.05, 4.69) is 0 Å². The number of hydrogen-bond acceptors (Lipinski definition) is 5. The van der Waals surface area contributed by atoms with E-state index in [1.165, 1.54) is 12.1 Å². The maximum absolute atomic E-state index is 11.7. The van der Waals surface area contributed by atoms with Crippen LogP contribution in [0.5, 0.6) is 0 Å². The molecular formula is C8H10ClNO5S2. The summed E-state index contributed by atoms with van der Waals surface area (Å²) in [6, 6.07) is 1.33. The van der Waals surface area contributed by atoms with E-state index in [1.54, 1.807) is 0 Å². The van der Waals surface area contributed by atoms with E-state index in [-0.39, 0.29) is 10.6 Å². The maximum Gasteiger partial charge on any atom is 0.321 e. The molecule has 0 spiro atoms. The molecule has 0 unspecified atom stereocenters. The number of aliphatic hydroxyl groups is 1. The molecule has 1 atom stereocenters. The van der Waals surface area contributed by atoms with Gasteiger partial charge in [-0.05, 0) is 18.6 Å². The van der Waals surface area contributed by atoms with Crippen LogP contribution < -0.4 is 4.72 Å². The van der Waals surface area contributed by atoms with Crippen LogP contribution in [0.3, 0.4) is 0 Å². The summed E-state index contributed by atoms with van der Waals surface area (Å²) in [4.78, 5) is 10.7. The predicted molar refractivity (Wildman–Crippen MR) is 62.8 cm³/mol. The van der Waals surface area contributed by atoms with Crippen LogP contribution in [-0.2, 0) is 14.8 Å². The number of nitrogens with one attached hydrogen (secondary N) is 1. The van der Waals surface area contributed by atoms with E-state index >= 15 is 0 Å². The summed E-state index contributed by atoms with van der Waals surface area (Å²) in [7, 11) is -3.91. The molecule has 3 N–H and O–H groups in total. The third kappa shape index (κ3) is 3.93. The van der Waals surface area contributed by atoms with Crippen molar-refractivity contribution in [3.63, 3.8) is 0 Å². The quantitative estimate of drug-likeness (QED) is 0.710. The van der Waals surface area contributed by atoms with Crippen molar-refractivity contribution in [2.75, 3.05) is 6.61 Å². The van der Waals surface area contributed by atoms with Crippen LogP contribution in [0.15, 0.2) is 16.3 Å². The summed E-state index contributed by atoms with van der Waals surface area (Å²) < 4.78 is 25.7. The summed E-state index contributed by atoms with van der Waals surface area (Å²) >= 11 is 6.42. The highest BCUT2D eigenvalue weighted by Gasteiger charge is 2.25. The van der Waals surface area contributed by atoms with Gasteiger partial charge in [0.25, 0.3) is 10.0 Å². The van der Waals surface area contributed by atoms with Crippen molar-refractivity contribution in [3.05, 3.63) is 16.5 Å². The fourth-order valence-electron chi connectivity index (χ4n) is 1.05. The molecule has 0 aromatic carbocycles. The second-order valence-corrected chi connectivity index (χ2v) is 6.74. The molecule has 1 heterocycles. The van der Waals surface area contributed by atoms with Crippen LogP contribution in [0.4, 0.5) is 0 Å². The molecule has 1 aromatic heterocycles. The predicted octanol–water partition coefficient (Wildman–Crippen LogP) is 0.515. The third-order valence-electron chi connectivity index (χ3n) is 1.83. The van der Waals surface area contributed by atoms with Gasteiger partial charge in [0.2, 0.25) is 0 Å². The average Bonchev–Trinajstić information content (AvgIpc) is 2.64. The first kappa shape index (κ1) is 14.4. The van der Waals surface area contributed by atoms with E-state index in [4.69, 9.17) is 21.8 Å². The van der Waals surface area contributed by atoms with Crippen molar-refractivity contribution < 1.29 is 23.4 Å². The third-order valence-corrected chi connectivity index (χ3v) is 5.02. The zero-order valence-electron chi connectivity index (χ0n) is 8.46. The van der Waals surface area contributed by atoms with Crippen LogP contribution >= 0.6 is 22.9 Å². The van der Waals surface area contributed by atoms with Crippen molar-refractivity contribution >= 4 is 38.9 Å². The Labute approximate surface area is 107 Å². The fraction of sp³-hybridized carbons (Fsp3) is 0.375. The summed E-state index contributed by atoms with van der Waals surface area (Å²) in [6.07, 6.45) is -0.201. The van der Waals surface area contributed by atoms with E-state index in [0.29, 0.717) is 4.34 Å². The highest BCUT2D eigenvalue weighted by molar-refractivity contribution is 7.91. The standard InChI is InChI=1S/C8H10ClNO5S2/c9-6-1-2-7(16-6)17(14,15)10-5(3-4-11)8(12)13/h1-2,5,10-11H,3-4H2,(H,12,13)/t5-/m1/s1. The molecule has 96 valence electrons. The normalized spacial score (nSPS) is 13.5. The molecule has 1 aromatic rings. The topological polar surface area (TPSA) is 104 Å². The largest absolute Gasteiger partial charge is 0.480 e. The second kappa shape index (κ2) is 5.78. The summed E-state index contributed by atoms with van der Waals surface area (Å²) in [5.41, 5.74) is 0. The monoisotopic (exact) mass is 299 g/mol. The molecule has 0 aliphatic heterocycles. The van der Waals surface area contributed by atoms with Crippen molar-refractivity contribution in [1.29, 1.82) is 0 Å². The van der Waals surface area contributed by atoms with E-state index in [9.17, 15) is 13.2 Å². The molecule has 0 radical (unpaired) electrons. The van der Waals surface area contributed by atoms with Crippen molar-refractivity contribution in [3.8, 4) is 0 Å². The first-order valence-corrected chi connectivity index (χ1v) is 7.16. The molecule has 0 saturated heterocycles. The number of thiophene rings is 1. The van der Waals surface area contributed by atoms with Crippen LogP contribution in [0, 0.1) is 0 Å². The molecule has 0 aliphatic carbocycles. The molecule has 6 nitrogen and oxygen atoms in total. The molecule has 1 rings (SSSR count). The van der Waals surface area contributed by atoms with Crippen LogP contribution in [0.2, 0.25) is 4.34 Å². The zero-order chi connectivity index (χ0) is 13.1. The number of aliphatic carboxylic acids is 1. The minimum absolute atomic E-state index is 0.0633. The fourth-order valence-corrected chi connectivity index (χ4v) is 3.77. The number of carboxylic acid groups (broad SMARTS) is 1. The Bertz CT molecular complexity index is 498. The minimum Gasteiger partial charge on any atom is -0.480 e. The van der Waals surface area contributed by atoms with E-state index in [1.807, 2.05) is 4.72 Å². The number of rotatable bonds is 6. The first-order valence-electron chi connectivity index (χ1n) is 4.48. The second-order valence-electron chi connectivity index (χ2n) is 3.08. The van der Waals surface area contributed by atoms with Gasteiger partial charge in [-0.2, -0.15) is 4.72 Å². The molecule has 0 amide bonds. The molecular weight excluding hydrogens is 290 g/mol. The number of carboxylic acids is 1. The van der Waals surface area contributed by atoms with Gasteiger partial charge in [0.05, 0.1) is 4.34 Å². The molecule has 0 saturated carbocycles. The molecule has 17 heavy (non-hydrogen) atoms. The first-order chi connectivity index (χ1) is 7.86. The van der Waals surface area contributed by atoms with E-state index in [0.717, 1.165) is 11.3 Å². The van der Waals surface area contributed by atoms with Crippen LogP contribution in [0.25, 0.3) is 0 Å². The Morgan fingerprint density at radius 1 is 1.53 bits per heavy atom. The Kier molecular flexibility index (Phi) is 4.90. The summed E-state index contributed by atoms with van der Waals surface area (Å²) in [5, 5.41) is 17.4. The van der Waals surface area contributed by atoms with Gasteiger partial charge < -0.3 is 10.2 Å². The lowest BCUT2D eigenvalue weighted by molar-refractivity contribution is -0.139. The Balaban J connectivity index is 2.88. The molecule has 9 heteroatoms. The number of sulfonamides is 1. The number of aliphatic hydroxyl groups excluding tert-OH is 1. The SMILES string of the molecule is O=C(O)[C@@H](CCO)NS(=O)(=O)c1ccc(Cl)s1. The van der Waals surface area contributed by atoms with Crippen LogP contribution in [-0.4, -0.2) is 37.2 Å². The van der Waals surface area contributed by atoms with Gasteiger partial charge >= 0.3 is 5.97 Å². The number of hydrogen-bond donors (Lipinski definition) is 3. The molecule has 0 aliphatic rings. The molecule has 0 fully saturated rings. The summed E-state index contributed by atoms with van der Waals surface area (Å²) in [6.45, 7) is -0.426. The van der Waals surface area contributed by atoms with Crippen molar-refractivity contribution in [2.45, 2.75) is 16.7 Å². The van der Waals surface area contributed by atoms with Crippen LogP contribution in [0.1, 0.15) is 6.42 Å². The highest BCUT2D eigenvalue weighted by Crippen LogP contribution is 2.25. The maximum atomic E-state index is 11.7. The Morgan fingerprint density at radius 3 is 2.59 bits per heavy atom. The number of halogens is 1. The Morgan fingerprint density at radius 2 is 2.18 bits per heavy atom. The zero-order valence-corrected chi connectivity index (χ0v) is 10.8. The number of carbonyl (C=O) groups is 1. The van der Waals surface area contributed by atoms with E-state index < -0.39 is 28.6 Å².